The number of hydrogen-bond donors (Lipinski definition) is 1. The molecule has 1 saturated heterocycles. The Morgan fingerprint density at radius 1 is 1.00 bits per heavy atom. The molecule has 2 aromatic rings. The zero-order valence-corrected chi connectivity index (χ0v) is 12.6. The first-order chi connectivity index (χ1) is 11.1. The first kappa shape index (κ1) is 15.9. The van der Waals surface area contributed by atoms with Crippen molar-refractivity contribution in [1.29, 1.82) is 0 Å². The molecule has 0 atom stereocenters. The van der Waals surface area contributed by atoms with E-state index in [1.165, 1.54) is 18.2 Å². The van der Waals surface area contributed by atoms with Gasteiger partial charge in [0.25, 0.3) is 0 Å². The minimum Gasteiger partial charge on any atom is -0.483 e. The Morgan fingerprint density at radius 2 is 1.70 bits per heavy atom. The van der Waals surface area contributed by atoms with Crippen molar-refractivity contribution in [2.24, 2.45) is 0 Å². The van der Waals surface area contributed by atoms with Gasteiger partial charge in [-0.1, -0.05) is 12.1 Å². The Kier molecular flexibility index (Phi) is 4.86. The molecule has 0 aromatic heterocycles. The number of rotatable bonds is 4. The molecule has 0 unspecified atom stereocenters. The van der Waals surface area contributed by atoms with Crippen LogP contribution in [-0.4, -0.2) is 13.1 Å². The summed E-state index contributed by atoms with van der Waals surface area (Å²) in [7, 11) is 0. The van der Waals surface area contributed by atoms with Gasteiger partial charge >= 0.3 is 0 Å². The minimum absolute atomic E-state index is 0.0606. The zero-order valence-electron chi connectivity index (χ0n) is 12.6. The lowest BCUT2D eigenvalue weighted by molar-refractivity contribution is 0.271. The van der Waals surface area contributed by atoms with Crippen molar-refractivity contribution in [2.75, 3.05) is 13.1 Å². The van der Waals surface area contributed by atoms with Gasteiger partial charge < -0.3 is 10.1 Å². The van der Waals surface area contributed by atoms with E-state index < -0.39 is 17.4 Å². The van der Waals surface area contributed by atoms with Gasteiger partial charge in [0.15, 0.2) is 17.4 Å². The summed E-state index contributed by atoms with van der Waals surface area (Å²) in [6.07, 6.45) is 1.90. The smallest absolute Gasteiger partial charge is 0.191 e. The molecular formula is C18H18F3NO. The van der Waals surface area contributed by atoms with Crippen molar-refractivity contribution in [1.82, 2.24) is 5.32 Å². The van der Waals surface area contributed by atoms with Crippen LogP contribution in [0.15, 0.2) is 36.4 Å². The van der Waals surface area contributed by atoms with Gasteiger partial charge in [-0.25, -0.2) is 13.2 Å². The first-order valence-corrected chi connectivity index (χ1v) is 7.71. The van der Waals surface area contributed by atoms with E-state index >= 15 is 0 Å². The summed E-state index contributed by atoms with van der Waals surface area (Å²) in [4.78, 5) is 0. The van der Waals surface area contributed by atoms with Crippen molar-refractivity contribution >= 4 is 0 Å². The number of nitrogens with one attached hydrogen (secondary N) is 1. The van der Waals surface area contributed by atoms with Gasteiger partial charge in [0, 0.05) is 0 Å². The third-order valence-electron chi connectivity index (χ3n) is 4.17. The zero-order chi connectivity index (χ0) is 16.2. The highest BCUT2D eigenvalue weighted by Gasteiger charge is 2.19. The third-order valence-corrected chi connectivity index (χ3v) is 4.17. The Bertz CT molecular complexity index is 664. The van der Waals surface area contributed by atoms with Gasteiger partial charge in [-0.15, -0.1) is 0 Å². The van der Waals surface area contributed by atoms with Crippen molar-refractivity contribution in [3.05, 3.63) is 65.0 Å². The molecule has 3 rings (SSSR count). The monoisotopic (exact) mass is 321 g/mol. The Labute approximate surface area is 133 Å². The number of para-hydroxylation sites is 1. The van der Waals surface area contributed by atoms with Crippen LogP contribution in [0.1, 0.15) is 29.9 Å². The van der Waals surface area contributed by atoms with Gasteiger partial charge in [0.1, 0.15) is 12.4 Å². The molecule has 0 bridgehead atoms. The molecule has 0 saturated carbocycles. The van der Waals surface area contributed by atoms with Crippen LogP contribution in [0.3, 0.4) is 0 Å². The molecule has 122 valence electrons. The molecular weight excluding hydrogens is 303 g/mol. The van der Waals surface area contributed by atoms with E-state index in [2.05, 4.69) is 5.32 Å². The normalized spacial score (nSPS) is 15.6. The van der Waals surface area contributed by atoms with E-state index in [0.29, 0.717) is 11.5 Å². The summed E-state index contributed by atoms with van der Waals surface area (Å²) < 4.78 is 46.2. The molecule has 0 amide bonds. The fourth-order valence-electron chi connectivity index (χ4n) is 3.00. The van der Waals surface area contributed by atoms with Crippen LogP contribution < -0.4 is 10.1 Å². The highest BCUT2D eigenvalue weighted by Crippen LogP contribution is 2.30. The van der Waals surface area contributed by atoms with Gasteiger partial charge in [0.05, 0.1) is 0 Å². The molecule has 0 aliphatic carbocycles. The maximum Gasteiger partial charge on any atom is 0.191 e. The molecule has 5 heteroatoms. The average molecular weight is 321 g/mol. The van der Waals surface area contributed by atoms with Gasteiger partial charge in [-0.2, -0.15) is 0 Å². The molecule has 0 spiro atoms. The van der Waals surface area contributed by atoms with Crippen molar-refractivity contribution in [2.45, 2.75) is 25.4 Å². The van der Waals surface area contributed by atoms with Crippen LogP contribution in [-0.2, 0) is 6.61 Å². The van der Waals surface area contributed by atoms with E-state index in [-0.39, 0.29) is 12.4 Å². The lowest BCUT2D eigenvalue weighted by Gasteiger charge is -2.25. The second-order valence-electron chi connectivity index (χ2n) is 5.71. The van der Waals surface area contributed by atoms with Crippen molar-refractivity contribution in [3.8, 4) is 5.75 Å². The van der Waals surface area contributed by atoms with Crippen LogP contribution in [0.25, 0.3) is 0 Å². The van der Waals surface area contributed by atoms with E-state index in [4.69, 9.17) is 4.74 Å². The largest absolute Gasteiger partial charge is 0.483 e. The standard InChI is InChI=1S/C18H18F3NO/c19-14-4-5-15(12-6-8-22-9-7-12)13(10-14)11-23-18-16(20)2-1-3-17(18)21/h1-5,10,12,22H,6-9,11H2. The molecule has 1 aliphatic heterocycles. The summed E-state index contributed by atoms with van der Waals surface area (Å²) in [5, 5.41) is 3.28. The van der Waals surface area contributed by atoms with E-state index in [0.717, 1.165) is 43.6 Å². The predicted octanol–water partition coefficient (Wildman–Crippen LogP) is 4.15. The van der Waals surface area contributed by atoms with E-state index in [1.54, 1.807) is 6.07 Å². The number of hydrogen-bond acceptors (Lipinski definition) is 2. The molecule has 2 aromatic carbocycles. The minimum atomic E-state index is -0.759. The van der Waals surface area contributed by atoms with Gasteiger partial charge in [-0.05, 0) is 67.2 Å². The van der Waals surface area contributed by atoms with Gasteiger partial charge in [0.2, 0.25) is 0 Å². The van der Waals surface area contributed by atoms with Crippen LogP contribution in [0.4, 0.5) is 13.2 Å². The molecule has 1 heterocycles. The van der Waals surface area contributed by atoms with Crippen LogP contribution in [0.5, 0.6) is 5.75 Å². The van der Waals surface area contributed by atoms with Crippen LogP contribution in [0.2, 0.25) is 0 Å². The summed E-state index contributed by atoms with van der Waals surface area (Å²) in [5.41, 5.74) is 1.63. The van der Waals surface area contributed by atoms with Crippen molar-refractivity contribution < 1.29 is 17.9 Å². The summed E-state index contributed by atoms with van der Waals surface area (Å²) in [6.45, 7) is 1.75. The number of ether oxygens (including phenoxy) is 1. The Balaban J connectivity index is 1.82. The quantitative estimate of drug-likeness (QED) is 0.913. The highest BCUT2D eigenvalue weighted by atomic mass is 19.1. The Morgan fingerprint density at radius 3 is 2.39 bits per heavy atom. The molecule has 1 aliphatic rings. The maximum absolute atomic E-state index is 13.6. The third kappa shape index (κ3) is 3.67. The lowest BCUT2D eigenvalue weighted by Crippen LogP contribution is -2.27. The maximum atomic E-state index is 13.6. The molecule has 0 radical (unpaired) electrons. The van der Waals surface area contributed by atoms with Crippen LogP contribution >= 0.6 is 0 Å². The summed E-state index contributed by atoms with van der Waals surface area (Å²) in [6, 6.07) is 8.11. The second-order valence-corrected chi connectivity index (χ2v) is 5.71. The first-order valence-electron chi connectivity index (χ1n) is 7.71. The number of piperidine rings is 1. The lowest BCUT2D eigenvalue weighted by atomic mass is 9.87. The molecule has 1 fully saturated rings. The molecule has 23 heavy (non-hydrogen) atoms. The number of halogens is 3. The van der Waals surface area contributed by atoms with Crippen LogP contribution in [0, 0.1) is 17.5 Å². The average Bonchev–Trinajstić information content (AvgIpc) is 2.55. The van der Waals surface area contributed by atoms with E-state index in [1.807, 2.05) is 0 Å². The summed E-state index contributed by atoms with van der Waals surface area (Å²) >= 11 is 0. The molecule has 2 nitrogen and oxygen atoms in total. The fourth-order valence-corrected chi connectivity index (χ4v) is 3.00. The summed E-state index contributed by atoms with van der Waals surface area (Å²) in [5.74, 6) is -2.01. The van der Waals surface area contributed by atoms with Gasteiger partial charge in [-0.3, -0.25) is 0 Å². The van der Waals surface area contributed by atoms with E-state index in [9.17, 15) is 13.2 Å². The fraction of sp³-hybridized carbons (Fsp3) is 0.333. The second kappa shape index (κ2) is 7.04. The number of benzene rings is 2. The molecule has 1 N–H and O–H groups in total. The highest BCUT2D eigenvalue weighted by molar-refractivity contribution is 5.32. The predicted molar refractivity (Wildman–Crippen MR) is 81.9 cm³/mol. The SMILES string of the molecule is Fc1ccc(C2CCNCC2)c(COc2c(F)cccc2F)c1. The van der Waals surface area contributed by atoms with Crippen molar-refractivity contribution in [3.63, 3.8) is 0 Å². The Hall–Kier alpha value is -2.01. The topological polar surface area (TPSA) is 21.3 Å².